The van der Waals surface area contributed by atoms with E-state index in [9.17, 15) is 26.3 Å². The first kappa shape index (κ1) is 18.8. The second-order valence-electron chi connectivity index (χ2n) is 5.26. The summed E-state index contributed by atoms with van der Waals surface area (Å²) in [5.74, 6) is 0. The Morgan fingerprint density at radius 3 is 2.12 bits per heavy atom. The second kappa shape index (κ2) is 7.14. The molecule has 0 aromatic heterocycles. The number of alkyl halides is 6. The number of thiocarbonyl (C=S) groups is 1. The molecule has 1 fully saturated rings. The zero-order valence-corrected chi connectivity index (χ0v) is 13.0. The topological polar surface area (TPSA) is 33.3 Å². The normalized spacial score (nSPS) is 18.5. The fourth-order valence-corrected chi connectivity index (χ4v) is 2.42. The Morgan fingerprint density at radius 1 is 1.08 bits per heavy atom. The highest BCUT2D eigenvalue weighted by molar-refractivity contribution is 7.80. The first-order valence-electron chi connectivity index (χ1n) is 7.01. The molecule has 10 heteroatoms. The summed E-state index contributed by atoms with van der Waals surface area (Å²) in [6.07, 6.45) is -8.15. The molecule has 1 aromatic carbocycles. The van der Waals surface area contributed by atoms with E-state index >= 15 is 0 Å². The zero-order valence-electron chi connectivity index (χ0n) is 12.2. The number of hydrogen-bond acceptors (Lipinski definition) is 2. The Kier molecular flexibility index (Phi) is 5.59. The molecule has 0 bridgehead atoms. The minimum atomic E-state index is -4.90. The van der Waals surface area contributed by atoms with E-state index in [1.165, 1.54) is 0 Å². The molecule has 1 atom stereocenters. The van der Waals surface area contributed by atoms with Crippen molar-refractivity contribution in [3.05, 3.63) is 29.3 Å². The van der Waals surface area contributed by atoms with Gasteiger partial charge in [0, 0.05) is 18.8 Å². The molecule has 1 aromatic rings. The molecular formula is C14H14F6N2OS. The zero-order chi connectivity index (χ0) is 18.0. The van der Waals surface area contributed by atoms with Gasteiger partial charge in [0.1, 0.15) is 0 Å². The standard InChI is InChI=1S/C14H14F6N2OS/c15-13(16,17)8-4-9(14(18,19)20)6-10(5-8)22-12(24)21-7-11-2-1-3-23-11/h4-6,11H,1-3,7H2,(H2,21,22,24)/t11-/m0/s1. The molecule has 0 radical (unpaired) electrons. The second-order valence-corrected chi connectivity index (χ2v) is 5.67. The summed E-state index contributed by atoms with van der Waals surface area (Å²) in [5.41, 5.74) is -3.19. The van der Waals surface area contributed by atoms with Crippen LogP contribution in [0.4, 0.5) is 32.0 Å². The first-order chi connectivity index (χ1) is 11.1. The van der Waals surface area contributed by atoms with E-state index in [-0.39, 0.29) is 23.0 Å². The minimum absolute atomic E-state index is 0.0635. The molecule has 2 N–H and O–H groups in total. The van der Waals surface area contributed by atoms with Gasteiger partial charge in [-0.25, -0.2) is 0 Å². The number of nitrogens with one attached hydrogen (secondary N) is 2. The molecule has 1 heterocycles. The third kappa shape index (κ3) is 5.23. The number of anilines is 1. The van der Waals surface area contributed by atoms with Crippen LogP contribution < -0.4 is 10.6 Å². The van der Waals surface area contributed by atoms with Crippen molar-refractivity contribution >= 4 is 23.0 Å². The summed E-state index contributed by atoms with van der Waals surface area (Å²) in [7, 11) is 0. The molecule has 1 aliphatic rings. The molecule has 2 rings (SSSR count). The van der Waals surface area contributed by atoms with Gasteiger partial charge in [0.25, 0.3) is 0 Å². The fraction of sp³-hybridized carbons (Fsp3) is 0.500. The van der Waals surface area contributed by atoms with Crippen LogP contribution in [0, 0.1) is 0 Å². The van der Waals surface area contributed by atoms with E-state index in [4.69, 9.17) is 17.0 Å². The van der Waals surface area contributed by atoms with Crippen LogP contribution in [0.2, 0.25) is 0 Å². The predicted molar refractivity (Wildman–Crippen MR) is 79.6 cm³/mol. The molecule has 3 nitrogen and oxygen atoms in total. The highest BCUT2D eigenvalue weighted by atomic mass is 32.1. The third-order valence-corrected chi connectivity index (χ3v) is 3.61. The summed E-state index contributed by atoms with van der Waals surface area (Å²) in [6, 6.07) is 1.22. The minimum Gasteiger partial charge on any atom is -0.376 e. The van der Waals surface area contributed by atoms with Crippen molar-refractivity contribution in [1.82, 2.24) is 5.32 Å². The maximum absolute atomic E-state index is 12.8. The molecule has 134 valence electrons. The van der Waals surface area contributed by atoms with E-state index in [0.29, 0.717) is 25.3 Å². The molecule has 0 amide bonds. The molecule has 0 unspecified atom stereocenters. The van der Waals surface area contributed by atoms with Crippen LogP contribution in [0.1, 0.15) is 24.0 Å². The maximum atomic E-state index is 12.8. The highest BCUT2D eigenvalue weighted by Crippen LogP contribution is 2.37. The van der Waals surface area contributed by atoms with Gasteiger partial charge < -0.3 is 15.4 Å². The van der Waals surface area contributed by atoms with Crippen molar-refractivity contribution in [3.63, 3.8) is 0 Å². The summed E-state index contributed by atoms with van der Waals surface area (Å²) < 4.78 is 81.9. The van der Waals surface area contributed by atoms with Gasteiger partial charge in [-0.1, -0.05) is 0 Å². The van der Waals surface area contributed by atoms with E-state index in [2.05, 4.69) is 10.6 Å². The van der Waals surface area contributed by atoms with Crippen molar-refractivity contribution < 1.29 is 31.1 Å². The number of halogens is 6. The lowest BCUT2D eigenvalue weighted by Crippen LogP contribution is -2.34. The largest absolute Gasteiger partial charge is 0.416 e. The van der Waals surface area contributed by atoms with E-state index in [1.807, 2.05) is 0 Å². The van der Waals surface area contributed by atoms with Gasteiger partial charge in [-0.15, -0.1) is 0 Å². The number of hydrogen-bond donors (Lipinski definition) is 2. The van der Waals surface area contributed by atoms with Gasteiger partial charge in [-0.05, 0) is 43.3 Å². The Bertz CT molecular complexity index is 564. The smallest absolute Gasteiger partial charge is 0.376 e. The molecule has 24 heavy (non-hydrogen) atoms. The van der Waals surface area contributed by atoms with Crippen LogP contribution in [0.25, 0.3) is 0 Å². The van der Waals surface area contributed by atoms with Gasteiger partial charge in [-0.3, -0.25) is 0 Å². The monoisotopic (exact) mass is 372 g/mol. The van der Waals surface area contributed by atoms with Crippen molar-refractivity contribution in [2.24, 2.45) is 0 Å². The van der Waals surface area contributed by atoms with Crippen LogP contribution in [-0.2, 0) is 17.1 Å². The van der Waals surface area contributed by atoms with Crippen molar-refractivity contribution in [1.29, 1.82) is 0 Å². The van der Waals surface area contributed by atoms with Crippen LogP contribution in [0.5, 0.6) is 0 Å². The summed E-state index contributed by atoms with van der Waals surface area (Å²) in [5, 5.41) is 5.01. The van der Waals surface area contributed by atoms with E-state index in [1.54, 1.807) is 0 Å². The summed E-state index contributed by atoms with van der Waals surface area (Å²) in [4.78, 5) is 0. The fourth-order valence-electron chi connectivity index (χ4n) is 2.21. The molecule has 1 aliphatic heterocycles. The SMILES string of the molecule is FC(F)(F)c1cc(NC(=S)NC[C@@H]2CCCO2)cc(C(F)(F)F)c1. The lowest BCUT2D eigenvalue weighted by molar-refractivity contribution is -0.143. The Morgan fingerprint density at radius 2 is 1.67 bits per heavy atom. The van der Waals surface area contributed by atoms with Crippen molar-refractivity contribution in [2.75, 3.05) is 18.5 Å². The molecule has 0 aliphatic carbocycles. The Balaban J connectivity index is 2.11. The van der Waals surface area contributed by atoms with Crippen molar-refractivity contribution in [2.45, 2.75) is 31.3 Å². The van der Waals surface area contributed by atoms with Gasteiger partial charge in [0.2, 0.25) is 0 Å². The quantitative estimate of drug-likeness (QED) is 0.616. The van der Waals surface area contributed by atoms with Crippen LogP contribution >= 0.6 is 12.2 Å². The molecule has 0 saturated carbocycles. The molecule has 1 saturated heterocycles. The van der Waals surface area contributed by atoms with Crippen LogP contribution in [0.15, 0.2) is 18.2 Å². The number of ether oxygens (including phenoxy) is 1. The third-order valence-electron chi connectivity index (χ3n) is 3.36. The van der Waals surface area contributed by atoms with Crippen molar-refractivity contribution in [3.8, 4) is 0 Å². The average Bonchev–Trinajstić information content (AvgIpc) is 2.96. The van der Waals surface area contributed by atoms with Gasteiger partial charge in [0.15, 0.2) is 5.11 Å². The Labute approximate surface area is 139 Å². The lowest BCUT2D eigenvalue weighted by Gasteiger charge is -2.17. The van der Waals surface area contributed by atoms with Crippen LogP contribution in [-0.4, -0.2) is 24.4 Å². The molecular weight excluding hydrogens is 358 g/mol. The number of rotatable bonds is 3. The van der Waals surface area contributed by atoms with Gasteiger partial charge >= 0.3 is 12.4 Å². The van der Waals surface area contributed by atoms with E-state index in [0.717, 1.165) is 12.8 Å². The summed E-state index contributed by atoms with van der Waals surface area (Å²) >= 11 is 4.90. The highest BCUT2D eigenvalue weighted by Gasteiger charge is 2.37. The van der Waals surface area contributed by atoms with Gasteiger partial charge in [-0.2, -0.15) is 26.3 Å². The summed E-state index contributed by atoms with van der Waals surface area (Å²) in [6.45, 7) is 0.950. The molecule has 0 spiro atoms. The first-order valence-corrected chi connectivity index (χ1v) is 7.42. The number of benzene rings is 1. The van der Waals surface area contributed by atoms with Gasteiger partial charge in [0.05, 0.1) is 17.2 Å². The average molecular weight is 372 g/mol. The predicted octanol–water partition coefficient (Wildman–Crippen LogP) is 4.19. The lowest BCUT2D eigenvalue weighted by atomic mass is 10.1. The van der Waals surface area contributed by atoms with E-state index < -0.39 is 23.5 Å². The Hall–Kier alpha value is -1.55. The maximum Gasteiger partial charge on any atom is 0.416 e. The van der Waals surface area contributed by atoms with Crippen LogP contribution in [0.3, 0.4) is 0 Å².